The minimum absolute atomic E-state index is 0.125. The molecule has 0 saturated heterocycles. The molecule has 24 heavy (non-hydrogen) atoms. The fourth-order valence-corrected chi connectivity index (χ4v) is 2.76. The molecular weight excluding hydrogens is 308 g/mol. The van der Waals surface area contributed by atoms with Gasteiger partial charge in [0.25, 0.3) is 5.91 Å². The maximum absolute atomic E-state index is 12.8. The fourth-order valence-electron chi connectivity index (χ4n) is 2.76. The van der Waals surface area contributed by atoms with Crippen molar-refractivity contribution in [2.45, 2.75) is 25.9 Å². The smallest absolute Gasteiger partial charge is 0.318 e. The summed E-state index contributed by atoms with van der Waals surface area (Å²) in [5, 5.41) is 10.0. The van der Waals surface area contributed by atoms with Crippen LogP contribution in [0, 0.1) is 0 Å². The SMILES string of the molecule is COc1nc(N)c2c(n1)CCN(c1ccc(C(C)(C)O)cc1)C2=O. The van der Waals surface area contributed by atoms with Gasteiger partial charge in [0.1, 0.15) is 11.4 Å². The highest BCUT2D eigenvalue weighted by atomic mass is 16.5. The number of anilines is 2. The molecule has 0 atom stereocenters. The molecule has 0 radical (unpaired) electrons. The Morgan fingerprint density at radius 1 is 1.25 bits per heavy atom. The first kappa shape index (κ1) is 16.2. The van der Waals surface area contributed by atoms with E-state index in [1.54, 1.807) is 18.7 Å². The Labute approximate surface area is 140 Å². The number of fused-ring (bicyclic) bond motifs is 1. The minimum Gasteiger partial charge on any atom is -0.467 e. The summed E-state index contributed by atoms with van der Waals surface area (Å²) in [4.78, 5) is 22.7. The molecule has 126 valence electrons. The van der Waals surface area contributed by atoms with Crippen molar-refractivity contribution in [2.24, 2.45) is 0 Å². The van der Waals surface area contributed by atoms with Gasteiger partial charge in [-0.25, -0.2) is 0 Å². The Hall–Kier alpha value is -2.67. The van der Waals surface area contributed by atoms with E-state index in [1.165, 1.54) is 7.11 Å². The predicted molar refractivity (Wildman–Crippen MR) is 90.1 cm³/mol. The van der Waals surface area contributed by atoms with Crippen molar-refractivity contribution in [2.75, 3.05) is 24.3 Å². The standard InChI is InChI=1S/C17H20N4O3/c1-17(2,23)10-4-6-11(7-5-10)21-9-8-12-13(15(21)22)14(18)20-16(19-12)24-3/h4-7,23H,8-9H2,1-3H3,(H2,18,19,20). The number of nitrogens with two attached hydrogens (primary N) is 1. The van der Waals surface area contributed by atoms with Crippen molar-refractivity contribution >= 4 is 17.4 Å². The fraction of sp³-hybridized carbons (Fsp3) is 0.353. The van der Waals surface area contributed by atoms with E-state index in [1.807, 2.05) is 24.3 Å². The summed E-state index contributed by atoms with van der Waals surface area (Å²) in [6.07, 6.45) is 0.567. The Bertz CT molecular complexity index is 782. The number of benzene rings is 1. The molecule has 1 amide bonds. The zero-order valence-corrected chi connectivity index (χ0v) is 13.9. The van der Waals surface area contributed by atoms with Gasteiger partial charge in [0.05, 0.1) is 18.4 Å². The summed E-state index contributed by atoms with van der Waals surface area (Å²) >= 11 is 0. The number of aromatic nitrogens is 2. The quantitative estimate of drug-likeness (QED) is 0.885. The maximum Gasteiger partial charge on any atom is 0.318 e. The van der Waals surface area contributed by atoms with Crippen LogP contribution in [0.25, 0.3) is 0 Å². The lowest BCUT2D eigenvalue weighted by Gasteiger charge is -2.29. The third-order valence-electron chi connectivity index (χ3n) is 4.09. The number of carbonyl (C=O) groups excluding carboxylic acids is 1. The summed E-state index contributed by atoms with van der Waals surface area (Å²) < 4.78 is 5.00. The number of aliphatic hydroxyl groups is 1. The number of amides is 1. The molecule has 1 aromatic carbocycles. The molecule has 0 saturated carbocycles. The molecule has 7 heteroatoms. The van der Waals surface area contributed by atoms with Gasteiger partial charge in [-0.1, -0.05) is 12.1 Å². The lowest BCUT2D eigenvalue weighted by atomic mass is 9.97. The van der Waals surface area contributed by atoms with Crippen LogP contribution < -0.4 is 15.4 Å². The largest absolute Gasteiger partial charge is 0.467 e. The first-order valence-electron chi connectivity index (χ1n) is 7.66. The van der Waals surface area contributed by atoms with Gasteiger partial charge >= 0.3 is 6.01 Å². The average Bonchev–Trinajstić information content (AvgIpc) is 2.54. The highest BCUT2D eigenvalue weighted by Gasteiger charge is 2.30. The van der Waals surface area contributed by atoms with Crippen LogP contribution in [0.1, 0.15) is 35.5 Å². The van der Waals surface area contributed by atoms with E-state index in [2.05, 4.69) is 9.97 Å². The maximum atomic E-state index is 12.8. The molecule has 0 fully saturated rings. The number of methoxy groups -OCH3 is 1. The van der Waals surface area contributed by atoms with Gasteiger partial charge in [-0.3, -0.25) is 4.79 Å². The molecule has 1 aliphatic heterocycles. The summed E-state index contributed by atoms with van der Waals surface area (Å²) in [5.41, 5.74) is 7.45. The van der Waals surface area contributed by atoms with Crippen LogP contribution in [-0.4, -0.2) is 34.6 Å². The Kier molecular flexibility index (Phi) is 3.88. The van der Waals surface area contributed by atoms with E-state index >= 15 is 0 Å². The van der Waals surface area contributed by atoms with E-state index < -0.39 is 5.60 Å². The average molecular weight is 328 g/mol. The van der Waals surface area contributed by atoms with Crippen LogP contribution in [0.3, 0.4) is 0 Å². The van der Waals surface area contributed by atoms with Crippen molar-refractivity contribution < 1.29 is 14.6 Å². The third-order valence-corrected chi connectivity index (χ3v) is 4.09. The zero-order valence-electron chi connectivity index (χ0n) is 13.9. The monoisotopic (exact) mass is 328 g/mol. The molecule has 0 bridgehead atoms. The zero-order chi connectivity index (χ0) is 17.5. The first-order valence-corrected chi connectivity index (χ1v) is 7.66. The Morgan fingerprint density at radius 3 is 2.50 bits per heavy atom. The second-order valence-electron chi connectivity index (χ2n) is 6.23. The van der Waals surface area contributed by atoms with Crippen molar-refractivity contribution in [1.29, 1.82) is 0 Å². The Balaban J connectivity index is 1.94. The second-order valence-corrected chi connectivity index (χ2v) is 6.23. The molecular formula is C17H20N4O3. The van der Waals surface area contributed by atoms with Crippen LogP contribution in [0.5, 0.6) is 6.01 Å². The molecule has 7 nitrogen and oxygen atoms in total. The van der Waals surface area contributed by atoms with Crippen molar-refractivity contribution in [3.63, 3.8) is 0 Å². The molecule has 1 aliphatic rings. The van der Waals surface area contributed by atoms with Crippen molar-refractivity contribution in [3.8, 4) is 6.01 Å². The van der Waals surface area contributed by atoms with E-state index in [-0.39, 0.29) is 17.7 Å². The van der Waals surface area contributed by atoms with Gasteiger partial charge in [0.2, 0.25) is 0 Å². The molecule has 0 aliphatic carbocycles. The second kappa shape index (κ2) is 5.76. The van der Waals surface area contributed by atoms with Gasteiger partial charge < -0.3 is 20.5 Å². The number of hydrogen-bond acceptors (Lipinski definition) is 6. The molecule has 2 heterocycles. The predicted octanol–water partition coefficient (Wildman–Crippen LogP) is 1.50. The van der Waals surface area contributed by atoms with Crippen LogP contribution in [0.4, 0.5) is 11.5 Å². The normalized spacial score (nSPS) is 14.5. The van der Waals surface area contributed by atoms with Gasteiger partial charge in [-0.2, -0.15) is 9.97 Å². The highest BCUT2D eigenvalue weighted by Crippen LogP contribution is 2.29. The van der Waals surface area contributed by atoms with E-state index in [9.17, 15) is 9.90 Å². The van der Waals surface area contributed by atoms with Crippen LogP contribution in [0.2, 0.25) is 0 Å². The van der Waals surface area contributed by atoms with Crippen LogP contribution in [-0.2, 0) is 12.0 Å². The number of nitrogen functional groups attached to an aromatic ring is 1. The number of rotatable bonds is 3. The molecule has 0 spiro atoms. The molecule has 3 rings (SSSR count). The number of carbonyl (C=O) groups is 1. The lowest BCUT2D eigenvalue weighted by molar-refractivity contribution is 0.0786. The Morgan fingerprint density at radius 2 is 1.92 bits per heavy atom. The van der Waals surface area contributed by atoms with Gasteiger partial charge in [0, 0.05) is 18.7 Å². The molecule has 3 N–H and O–H groups in total. The van der Waals surface area contributed by atoms with E-state index in [0.29, 0.717) is 24.2 Å². The first-order chi connectivity index (χ1) is 11.3. The van der Waals surface area contributed by atoms with Crippen LogP contribution in [0.15, 0.2) is 24.3 Å². The van der Waals surface area contributed by atoms with Crippen LogP contribution >= 0.6 is 0 Å². The summed E-state index contributed by atoms with van der Waals surface area (Å²) in [6.45, 7) is 3.93. The number of nitrogens with zero attached hydrogens (tertiary/aromatic N) is 3. The third kappa shape index (κ3) is 2.78. The summed E-state index contributed by atoms with van der Waals surface area (Å²) in [5.74, 6) is -0.105. The number of hydrogen-bond donors (Lipinski definition) is 2. The molecule has 0 unspecified atom stereocenters. The van der Waals surface area contributed by atoms with E-state index in [0.717, 1.165) is 11.3 Å². The number of ether oxygens (including phenoxy) is 1. The van der Waals surface area contributed by atoms with Crippen molar-refractivity contribution in [3.05, 3.63) is 41.1 Å². The molecule has 1 aromatic heterocycles. The van der Waals surface area contributed by atoms with Crippen molar-refractivity contribution in [1.82, 2.24) is 9.97 Å². The minimum atomic E-state index is -0.925. The van der Waals surface area contributed by atoms with Gasteiger partial charge in [-0.05, 0) is 31.5 Å². The summed E-state index contributed by atoms with van der Waals surface area (Å²) in [7, 11) is 1.46. The highest BCUT2D eigenvalue weighted by molar-refractivity contribution is 6.10. The van der Waals surface area contributed by atoms with Gasteiger partial charge in [0.15, 0.2) is 0 Å². The topological polar surface area (TPSA) is 102 Å². The summed E-state index contributed by atoms with van der Waals surface area (Å²) in [6, 6.07) is 7.42. The van der Waals surface area contributed by atoms with Gasteiger partial charge in [-0.15, -0.1) is 0 Å². The van der Waals surface area contributed by atoms with E-state index in [4.69, 9.17) is 10.5 Å². The molecule has 2 aromatic rings. The lowest BCUT2D eigenvalue weighted by Crippen LogP contribution is -2.39.